The molecule has 0 aromatic heterocycles. The number of fused-ring (bicyclic) bond motifs is 1. The molecule has 2 aliphatic rings. The van der Waals surface area contributed by atoms with Gasteiger partial charge in [-0.15, -0.1) is 0 Å². The molecule has 6 nitrogen and oxygen atoms in total. The number of hydrogen-bond acceptors (Lipinski definition) is 6. The third kappa shape index (κ3) is 2.10. The quantitative estimate of drug-likeness (QED) is 0.547. The van der Waals surface area contributed by atoms with E-state index in [0.717, 1.165) is 17.7 Å². The van der Waals surface area contributed by atoms with E-state index in [2.05, 4.69) is 0 Å². The van der Waals surface area contributed by atoms with E-state index in [1.54, 1.807) is 0 Å². The van der Waals surface area contributed by atoms with E-state index in [1.807, 2.05) is 29.2 Å². The Bertz CT molecular complexity index is 480. The van der Waals surface area contributed by atoms with Gasteiger partial charge < -0.3 is 30.1 Å². The van der Waals surface area contributed by atoms with Crippen molar-refractivity contribution in [2.24, 2.45) is 0 Å². The highest BCUT2D eigenvalue weighted by molar-refractivity contribution is 5.58. The van der Waals surface area contributed by atoms with Crippen molar-refractivity contribution in [3.8, 4) is 0 Å². The molecule has 0 radical (unpaired) electrons. The molecule has 20 heavy (non-hydrogen) atoms. The maximum atomic E-state index is 10.1. The first-order chi connectivity index (χ1) is 9.63. The summed E-state index contributed by atoms with van der Waals surface area (Å²) in [7, 11) is 0. The van der Waals surface area contributed by atoms with E-state index in [0.29, 0.717) is 6.54 Å². The largest absolute Gasteiger partial charge is 0.394 e. The minimum atomic E-state index is -1.33. The highest BCUT2D eigenvalue weighted by Gasteiger charge is 2.46. The third-order valence-corrected chi connectivity index (χ3v) is 4.10. The fourth-order valence-electron chi connectivity index (χ4n) is 2.97. The average molecular weight is 281 g/mol. The van der Waals surface area contributed by atoms with Gasteiger partial charge in [-0.25, -0.2) is 0 Å². The molecule has 1 aromatic rings. The van der Waals surface area contributed by atoms with Crippen LogP contribution in [-0.4, -0.2) is 64.2 Å². The molecular formula is C14H19NO5. The molecule has 110 valence electrons. The Morgan fingerprint density at radius 3 is 2.60 bits per heavy atom. The van der Waals surface area contributed by atoms with Crippen molar-refractivity contribution < 1.29 is 25.2 Å². The lowest BCUT2D eigenvalue weighted by molar-refractivity contribution is -0.228. The van der Waals surface area contributed by atoms with Gasteiger partial charge in [-0.2, -0.15) is 0 Å². The fourth-order valence-corrected chi connectivity index (χ4v) is 2.97. The number of ether oxygens (including phenoxy) is 1. The number of hydrogen-bond donors (Lipinski definition) is 4. The summed E-state index contributed by atoms with van der Waals surface area (Å²) < 4.78 is 5.59. The van der Waals surface area contributed by atoms with E-state index in [9.17, 15) is 20.4 Å². The van der Waals surface area contributed by atoms with Crippen LogP contribution < -0.4 is 4.90 Å². The van der Waals surface area contributed by atoms with Crippen molar-refractivity contribution in [1.29, 1.82) is 0 Å². The van der Waals surface area contributed by atoms with Crippen LogP contribution in [0.15, 0.2) is 24.3 Å². The second-order valence-corrected chi connectivity index (χ2v) is 5.29. The van der Waals surface area contributed by atoms with E-state index in [-0.39, 0.29) is 0 Å². The summed E-state index contributed by atoms with van der Waals surface area (Å²) >= 11 is 0. The average Bonchev–Trinajstić information content (AvgIpc) is 2.89. The maximum absolute atomic E-state index is 10.1. The lowest BCUT2D eigenvalue weighted by Crippen LogP contribution is -2.63. The van der Waals surface area contributed by atoms with Gasteiger partial charge >= 0.3 is 0 Å². The molecule has 0 saturated carbocycles. The lowest BCUT2D eigenvalue weighted by atomic mass is 9.97. The molecule has 1 fully saturated rings. The fraction of sp³-hybridized carbons (Fsp3) is 0.571. The first-order valence-corrected chi connectivity index (χ1v) is 6.78. The van der Waals surface area contributed by atoms with Crippen molar-refractivity contribution in [3.63, 3.8) is 0 Å². The zero-order valence-corrected chi connectivity index (χ0v) is 11.0. The molecular weight excluding hydrogens is 262 g/mol. The maximum Gasteiger partial charge on any atom is 0.159 e. The van der Waals surface area contributed by atoms with Crippen LogP contribution in [-0.2, 0) is 11.2 Å². The topological polar surface area (TPSA) is 93.4 Å². The molecule has 0 amide bonds. The Balaban J connectivity index is 1.87. The van der Waals surface area contributed by atoms with E-state index in [1.165, 1.54) is 0 Å². The van der Waals surface area contributed by atoms with Gasteiger partial charge in [-0.3, -0.25) is 0 Å². The van der Waals surface area contributed by atoms with Gasteiger partial charge in [-0.1, -0.05) is 18.2 Å². The van der Waals surface area contributed by atoms with Gasteiger partial charge in [0.05, 0.1) is 6.61 Å². The van der Waals surface area contributed by atoms with Crippen molar-refractivity contribution >= 4 is 5.69 Å². The molecule has 0 bridgehead atoms. The molecule has 4 N–H and O–H groups in total. The van der Waals surface area contributed by atoms with E-state index >= 15 is 0 Å². The highest BCUT2D eigenvalue weighted by atomic mass is 16.6. The van der Waals surface area contributed by atoms with Crippen molar-refractivity contribution in [2.45, 2.75) is 37.1 Å². The second-order valence-electron chi connectivity index (χ2n) is 5.29. The van der Waals surface area contributed by atoms with Gasteiger partial charge in [0, 0.05) is 12.2 Å². The van der Waals surface area contributed by atoms with Gasteiger partial charge in [-0.05, 0) is 18.1 Å². The van der Waals surface area contributed by atoms with Crippen LogP contribution in [0.4, 0.5) is 5.69 Å². The van der Waals surface area contributed by atoms with Crippen LogP contribution in [0.1, 0.15) is 5.56 Å². The molecule has 2 heterocycles. The van der Waals surface area contributed by atoms with Crippen molar-refractivity contribution in [2.75, 3.05) is 18.1 Å². The van der Waals surface area contributed by atoms with Gasteiger partial charge in [0.1, 0.15) is 24.4 Å². The lowest BCUT2D eigenvalue weighted by Gasteiger charge is -2.44. The van der Waals surface area contributed by atoms with Crippen LogP contribution in [0, 0.1) is 0 Å². The van der Waals surface area contributed by atoms with E-state index < -0.39 is 37.3 Å². The SMILES string of the molecule is OCC1OC(N2CCc3ccccc32)C(O)C(O)C1O. The monoisotopic (exact) mass is 281 g/mol. The first-order valence-electron chi connectivity index (χ1n) is 6.78. The predicted molar refractivity (Wildman–Crippen MR) is 71.3 cm³/mol. The summed E-state index contributed by atoms with van der Waals surface area (Å²) in [6, 6.07) is 7.81. The Kier molecular flexibility index (Phi) is 3.66. The Morgan fingerprint density at radius 1 is 1.10 bits per heavy atom. The van der Waals surface area contributed by atoms with Crippen molar-refractivity contribution in [3.05, 3.63) is 29.8 Å². The van der Waals surface area contributed by atoms with Gasteiger partial charge in [0.25, 0.3) is 0 Å². The zero-order chi connectivity index (χ0) is 14.3. The number of nitrogens with zero attached hydrogens (tertiary/aromatic N) is 1. The molecule has 0 spiro atoms. The molecule has 5 atom stereocenters. The number of aliphatic hydroxyl groups excluding tert-OH is 4. The normalized spacial score (nSPS) is 37.0. The number of rotatable bonds is 2. The molecule has 1 aromatic carbocycles. The molecule has 2 aliphatic heterocycles. The summed E-state index contributed by atoms with van der Waals surface area (Å²) in [6.45, 7) is 0.263. The zero-order valence-electron chi connectivity index (χ0n) is 11.0. The van der Waals surface area contributed by atoms with E-state index in [4.69, 9.17) is 4.74 Å². The summed E-state index contributed by atoms with van der Waals surface area (Å²) in [6.07, 6.45) is -4.67. The Labute approximate surface area is 116 Å². The third-order valence-electron chi connectivity index (χ3n) is 4.10. The molecule has 6 heteroatoms. The summed E-state index contributed by atoms with van der Waals surface area (Å²) in [4.78, 5) is 1.87. The standard InChI is InChI=1S/C14H19NO5/c16-7-10-11(17)12(18)13(19)14(20-10)15-6-5-8-3-1-2-4-9(8)15/h1-4,10-14,16-19H,5-7H2. The van der Waals surface area contributed by atoms with Gasteiger partial charge in [0.2, 0.25) is 0 Å². The number of anilines is 1. The second kappa shape index (κ2) is 5.31. The summed E-state index contributed by atoms with van der Waals surface area (Å²) in [5, 5.41) is 39.0. The highest BCUT2D eigenvalue weighted by Crippen LogP contribution is 2.33. The smallest absolute Gasteiger partial charge is 0.159 e. The summed E-state index contributed by atoms with van der Waals surface area (Å²) in [5.74, 6) is 0. The van der Waals surface area contributed by atoms with Gasteiger partial charge in [0.15, 0.2) is 6.23 Å². The first kappa shape index (κ1) is 13.8. The van der Waals surface area contributed by atoms with Crippen LogP contribution in [0.5, 0.6) is 0 Å². The van der Waals surface area contributed by atoms with Crippen molar-refractivity contribution in [1.82, 2.24) is 0 Å². The molecule has 1 saturated heterocycles. The number of benzene rings is 1. The van der Waals surface area contributed by atoms with Crippen LogP contribution in [0.25, 0.3) is 0 Å². The minimum absolute atomic E-state index is 0.406. The predicted octanol–water partition coefficient (Wildman–Crippen LogP) is -1.15. The van der Waals surface area contributed by atoms with Crippen LogP contribution in [0.2, 0.25) is 0 Å². The Hall–Kier alpha value is -1.18. The van der Waals surface area contributed by atoms with Crippen LogP contribution >= 0.6 is 0 Å². The molecule has 3 rings (SSSR count). The Morgan fingerprint density at radius 2 is 1.85 bits per heavy atom. The summed E-state index contributed by atoms with van der Waals surface area (Å²) in [5.41, 5.74) is 2.11. The molecule has 0 aliphatic carbocycles. The van der Waals surface area contributed by atoms with Crippen LogP contribution in [0.3, 0.4) is 0 Å². The molecule has 5 unspecified atom stereocenters. The minimum Gasteiger partial charge on any atom is -0.394 e. The number of aliphatic hydroxyl groups is 4. The number of para-hydroxylation sites is 1.